The molecule has 0 radical (unpaired) electrons. The van der Waals surface area contributed by atoms with Gasteiger partial charge >= 0.3 is 0 Å². The van der Waals surface area contributed by atoms with Crippen molar-refractivity contribution < 1.29 is 4.74 Å². The lowest BCUT2D eigenvalue weighted by Gasteiger charge is -2.39. The van der Waals surface area contributed by atoms with Crippen LogP contribution in [-0.2, 0) is 11.2 Å². The molecule has 0 fully saturated rings. The van der Waals surface area contributed by atoms with Crippen molar-refractivity contribution in [2.45, 2.75) is 38.6 Å². The average Bonchev–Trinajstić information content (AvgIpc) is 2.29. The average molecular weight is 219 g/mol. The molecule has 2 nitrogen and oxygen atoms in total. The smallest absolute Gasteiger partial charge is 0.0692 e. The van der Waals surface area contributed by atoms with Crippen LogP contribution >= 0.6 is 0 Å². The van der Waals surface area contributed by atoms with Crippen molar-refractivity contribution in [3.63, 3.8) is 0 Å². The Balaban J connectivity index is 2.27. The van der Waals surface area contributed by atoms with Gasteiger partial charge in [-0.3, -0.25) is 0 Å². The molecule has 0 saturated heterocycles. The number of ether oxygens (including phenoxy) is 1. The number of anilines is 1. The van der Waals surface area contributed by atoms with Gasteiger partial charge in [0.15, 0.2) is 0 Å². The maximum atomic E-state index is 5.36. The summed E-state index contributed by atoms with van der Waals surface area (Å²) in [7, 11) is 1.78. The topological polar surface area (TPSA) is 21.3 Å². The van der Waals surface area contributed by atoms with Crippen molar-refractivity contribution in [1.82, 2.24) is 0 Å². The van der Waals surface area contributed by atoms with E-state index in [1.54, 1.807) is 7.11 Å². The molecule has 1 N–H and O–H groups in total. The Bertz CT molecular complexity index is 375. The van der Waals surface area contributed by atoms with Crippen LogP contribution in [0.4, 0.5) is 5.69 Å². The summed E-state index contributed by atoms with van der Waals surface area (Å²) in [4.78, 5) is 0. The first-order chi connectivity index (χ1) is 7.69. The van der Waals surface area contributed by atoms with Crippen molar-refractivity contribution >= 4 is 5.69 Å². The molecule has 1 aromatic rings. The van der Waals surface area contributed by atoms with Gasteiger partial charge in [-0.05, 0) is 43.4 Å². The second-order valence-corrected chi connectivity index (χ2v) is 4.85. The van der Waals surface area contributed by atoms with Gasteiger partial charge in [0.05, 0.1) is 12.1 Å². The molecule has 1 unspecified atom stereocenters. The number of hydrogen-bond acceptors (Lipinski definition) is 2. The second-order valence-electron chi connectivity index (χ2n) is 4.85. The summed E-state index contributed by atoms with van der Waals surface area (Å²) in [6, 6.07) is 6.67. The highest BCUT2D eigenvalue weighted by Crippen LogP contribution is 2.33. The third-order valence-electron chi connectivity index (χ3n) is 3.64. The molecule has 0 aliphatic carbocycles. The van der Waals surface area contributed by atoms with E-state index in [1.807, 2.05) is 0 Å². The summed E-state index contributed by atoms with van der Waals surface area (Å²) in [6.45, 7) is 5.16. The molecule has 88 valence electrons. The molecule has 2 heteroatoms. The third-order valence-corrected chi connectivity index (χ3v) is 3.64. The fraction of sp³-hybridized carbons (Fsp3) is 0.571. The number of hydrogen-bond donors (Lipinski definition) is 1. The van der Waals surface area contributed by atoms with Gasteiger partial charge in [-0.2, -0.15) is 0 Å². The molecule has 1 aromatic carbocycles. The summed E-state index contributed by atoms with van der Waals surface area (Å²) in [5, 5.41) is 3.68. The molecule has 0 saturated carbocycles. The molecular weight excluding hydrogens is 198 g/mol. The van der Waals surface area contributed by atoms with Gasteiger partial charge in [-0.15, -0.1) is 0 Å². The van der Waals surface area contributed by atoms with Crippen molar-refractivity contribution in [3.8, 4) is 0 Å². The first kappa shape index (κ1) is 11.5. The van der Waals surface area contributed by atoms with Gasteiger partial charge in [0, 0.05) is 12.8 Å². The number of aryl methyl sites for hydroxylation is 2. The molecule has 1 aliphatic heterocycles. The summed E-state index contributed by atoms with van der Waals surface area (Å²) in [5.74, 6) is 0. The van der Waals surface area contributed by atoms with E-state index in [4.69, 9.17) is 4.74 Å². The summed E-state index contributed by atoms with van der Waals surface area (Å²) < 4.78 is 5.36. The lowest BCUT2D eigenvalue weighted by atomic mass is 9.84. The predicted molar refractivity (Wildman–Crippen MR) is 68.0 cm³/mol. The fourth-order valence-corrected chi connectivity index (χ4v) is 2.50. The Hall–Kier alpha value is -1.02. The summed E-state index contributed by atoms with van der Waals surface area (Å²) in [6.07, 6.45) is 3.42. The molecular formula is C14H21NO. The first-order valence-electron chi connectivity index (χ1n) is 6.06. The minimum Gasteiger partial charge on any atom is -0.382 e. The van der Waals surface area contributed by atoms with Crippen molar-refractivity contribution in [2.75, 3.05) is 19.0 Å². The molecule has 1 heterocycles. The predicted octanol–water partition coefficient (Wildman–Crippen LogP) is 3.15. The highest BCUT2D eigenvalue weighted by Gasteiger charge is 2.31. The standard InChI is InChI=1S/C14H21NO/c1-4-14(10-16-3)8-7-12-6-5-11(2)9-13(12)15-14/h5-6,9,15H,4,7-8,10H2,1-3H3. The van der Waals surface area contributed by atoms with Crippen LogP contribution in [0.5, 0.6) is 0 Å². The molecule has 1 atom stereocenters. The first-order valence-corrected chi connectivity index (χ1v) is 6.06. The number of fused-ring (bicyclic) bond motifs is 1. The summed E-state index contributed by atoms with van der Waals surface area (Å²) >= 11 is 0. The Morgan fingerprint density at radius 3 is 2.94 bits per heavy atom. The Labute approximate surface area is 98.0 Å². The lowest BCUT2D eigenvalue weighted by molar-refractivity contribution is 0.133. The molecule has 0 spiro atoms. The Kier molecular flexibility index (Phi) is 3.20. The normalized spacial score (nSPS) is 23.7. The van der Waals surface area contributed by atoms with Crippen molar-refractivity contribution in [1.29, 1.82) is 0 Å². The van der Waals surface area contributed by atoms with Gasteiger partial charge < -0.3 is 10.1 Å². The minimum atomic E-state index is 0.134. The van der Waals surface area contributed by atoms with Gasteiger partial charge in [0.25, 0.3) is 0 Å². The summed E-state index contributed by atoms with van der Waals surface area (Å²) in [5.41, 5.74) is 4.18. The van der Waals surface area contributed by atoms with Crippen LogP contribution in [0.1, 0.15) is 30.9 Å². The maximum Gasteiger partial charge on any atom is 0.0692 e. The van der Waals surface area contributed by atoms with Gasteiger partial charge in [0.2, 0.25) is 0 Å². The number of nitrogens with one attached hydrogen (secondary N) is 1. The highest BCUT2D eigenvalue weighted by molar-refractivity contribution is 5.57. The van der Waals surface area contributed by atoms with E-state index in [0.29, 0.717) is 0 Å². The van der Waals surface area contributed by atoms with E-state index in [-0.39, 0.29) is 5.54 Å². The minimum absolute atomic E-state index is 0.134. The van der Waals surface area contributed by atoms with Gasteiger partial charge in [-0.1, -0.05) is 19.1 Å². The van der Waals surface area contributed by atoms with Crippen molar-refractivity contribution in [3.05, 3.63) is 29.3 Å². The number of benzene rings is 1. The number of methoxy groups -OCH3 is 1. The monoisotopic (exact) mass is 219 g/mol. The third kappa shape index (κ3) is 2.07. The van der Waals surface area contributed by atoms with E-state index in [2.05, 4.69) is 37.4 Å². The van der Waals surface area contributed by atoms with E-state index < -0.39 is 0 Å². The van der Waals surface area contributed by atoms with E-state index in [1.165, 1.54) is 16.8 Å². The molecule has 2 rings (SSSR count). The highest BCUT2D eigenvalue weighted by atomic mass is 16.5. The lowest BCUT2D eigenvalue weighted by Crippen LogP contribution is -2.45. The second kappa shape index (κ2) is 4.46. The van der Waals surface area contributed by atoms with Gasteiger partial charge in [0.1, 0.15) is 0 Å². The van der Waals surface area contributed by atoms with E-state index >= 15 is 0 Å². The zero-order valence-electron chi connectivity index (χ0n) is 10.5. The van der Waals surface area contributed by atoms with Crippen LogP contribution in [0, 0.1) is 6.92 Å². The zero-order chi connectivity index (χ0) is 11.6. The Morgan fingerprint density at radius 1 is 1.44 bits per heavy atom. The van der Waals surface area contributed by atoms with Crippen LogP contribution in [-0.4, -0.2) is 19.3 Å². The van der Waals surface area contributed by atoms with Crippen LogP contribution < -0.4 is 5.32 Å². The van der Waals surface area contributed by atoms with Crippen molar-refractivity contribution in [2.24, 2.45) is 0 Å². The quantitative estimate of drug-likeness (QED) is 0.843. The van der Waals surface area contributed by atoms with Crippen LogP contribution in [0.15, 0.2) is 18.2 Å². The van der Waals surface area contributed by atoms with Crippen LogP contribution in [0.25, 0.3) is 0 Å². The molecule has 0 bridgehead atoms. The van der Waals surface area contributed by atoms with Crippen LogP contribution in [0.2, 0.25) is 0 Å². The largest absolute Gasteiger partial charge is 0.382 e. The zero-order valence-corrected chi connectivity index (χ0v) is 10.5. The Morgan fingerprint density at radius 2 is 2.25 bits per heavy atom. The van der Waals surface area contributed by atoms with Crippen LogP contribution in [0.3, 0.4) is 0 Å². The number of rotatable bonds is 3. The fourth-order valence-electron chi connectivity index (χ4n) is 2.50. The molecule has 1 aliphatic rings. The molecule has 0 aromatic heterocycles. The van der Waals surface area contributed by atoms with E-state index in [9.17, 15) is 0 Å². The maximum absolute atomic E-state index is 5.36. The molecule has 16 heavy (non-hydrogen) atoms. The SMILES string of the molecule is CCC1(COC)CCc2ccc(C)cc2N1. The van der Waals surface area contributed by atoms with Gasteiger partial charge in [-0.25, -0.2) is 0 Å². The van der Waals surface area contributed by atoms with E-state index in [0.717, 1.165) is 25.9 Å². The molecule has 0 amide bonds.